The summed E-state index contributed by atoms with van der Waals surface area (Å²) in [5.41, 5.74) is 11.0. The highest BCUT2D eigenvalue weighted by Gasteiger charge is 2.28. The number of nitrogens with one attached hydrogen (secondary N) is 1. The average Bonchev–Trinajstić information content (AvgIpc) is 2.53. The number of aromatic nitrogens is 2. The molecular formula is C13H17N3. The lowest BCUT2D eigenvalue weighted by molar-refractivity contribution is 0.408. The Labute approximate surface area is 95.1 Å². The third-order valence-electron chi connectivity index (χ3n) is 3.52. The molecule has 0 saturated heterocycles. The molecule has 0 spiro atoms. The van der Waals surface area contributed by atoms with Gasteiger partial charge in [-0.15, -0.1) is 0 Å². The predicted octanol–water partition coefficient (Wildman–Crippen LogP) is 2.08. The minimum Gasteiger partial charge on any atom is -0.343 e. The number of nitrogens with zero attached hydrogens (tertiary/aromatic N) is 1. The number of nitrogens with two attached hydrogens (primary N) is 1. The molecule has 16 heavy (non-hydrogen) atoms. The van der Waals surface area contributed by atoms with Gasteiger partial charge in [0.2, 0.25) is 0 Å². The van der Waals surface area contributed by atoms with Crippen molar-refractivity contribution in [2.75, 3.05) is 0 Å². The largest absolute Gasteiger partial charge is 0.343 e. The van der Waals surface area contributed by atoms with Crippen LogP contribution in [0.25, 0.3) is 11.0 Å². The summed E-state index contributed by atoms with van der Waals surface area (Å²) in [7, 11) is 0. The van der Waals surface area contributed by atoms with Crippen LogP contribution in [0.1, 0.15) is 30.3 Å². The van der Waals surface area contributed by atoms with E-state index in [9.17, 15) is 0 Å². The van der Waals surface area contributed by atoms with Gasteiger partial charge < -0.3 is 10.7 Å². The summed E-state index contributed by atoms with van der Waals surface area (Å²) < 4.78 is 0. The lowest BCUT2D eigenvalue weighted by Crippen LogP contribution is -2.41. The molecular weight excluding hydrogens is 198 g/mol. The highest BCUT2D eigenvalue weighted by atomic mass is 14.9. The van der Waals surface area contributed by atoms with E-state index >= 15 is 0 Å². The number of fused-ring (bicyclic) bond motifs is 3. The quantitative estimate of drug-likeness (QED) is 0.707. The molecule has 1 aliphatic rings. The summed E-state index contributed by atoms with van der Waals surface area (Å²) in [5, 5.41) is 1.25. The third kappa shape index (κ3) is 1.43. The summed E-state index contributed by atoms with van der Waals surface area (Å²) in [6.45, 7) is 4.16. The van der Waals surface area contributed by atoms with Crippen LogP contribution in [-0.2, 0) is 12.8 Å². The molecule has 3 N–H and O–H groups in total. The van der Waals surface area contributed by atoms with Crippen LogP contribution in [0.5, 0.6) is 0 Å². The van der Waals surface area contributed by atoms with E-state index in [1.54, 1.807) is 0 Å². The predicted molar refractivity (Wildman–Crippen MR) is 65.4 cm³/mol. The van der Waals surface area contributed by atoms with Crippen molar-refractivity contribution in [3.8, 4) is 0 Å². The van der Waals surface area contributed by atoms with Crippen LogP contribution in [0.2, 0.25) is 0 Å². The number of hydrogen-bond donors (Lipinski definition) is 2. The van der Waals surface area contributed by atoms with E-state index in [0.29, 0.717) is 0 Å². The standard InChI is InChI=1S/C13H17N3/c1-8-3-4-9-10-7-13(2,14)6-5-11(10)16-12(9)15-8/h3-4H,5-7,14H2,1-2H3,(H,15,16). The number of H-pyrrole nitrogens is 1. The first-order valence-corrected chi connectivity index (χ1v) is 5.81. The molecule has 3 heteroatoms. The Morgan fingerprint density at radius 1 is 1.44 bits per heavy atom. The van der Waals surface area contributed by atoms with Gasteiger partial charge in [0.25, 0.3) is 0 Å². The fourth-order valence-corrected chi connectivity index (χ4v) is 2.59. The number of aromatic amines is 1. The molecule has 3 nitrogen and oxygen atoms in total. The Morgan fingerprint density at radius 3 is 3.06 bits per heavy atom. The van der Waals surface area contributed by atoms with Crippen molar-refractivity contribution in [2.45, 2.75) is 38.6 Å². The number of hydrogen-bond acceptors (Lipinski definition) is 2. The van der Waals surface area contributed by atoms with Crippen molar-refractivity contribution in [2.24, 2.45) is 5.73 Å². The molecule has 1 atom stereocenters. The maximum absolute atomic E-state index is 6.24. The van der Waals surface area contributed by atoms with E-state index in [-0.39, 0.29) is 5.54 Å². The third-order valence-corrected chi connectivity index (χ3v) is 3.52. The fourth-order valence-electron chi connectivity index (χ4n) is 2.59. The normalized spacial score (nSPS) is 24.7. The smallest absolute Gasteiger partial charge is 0.138 e. The number of pyridine rings is 1. The lowest BCUT2D eigenvalue weighted by atomic mass is 9.82. The molecule has 0 saturated carbocycles. The van der Waals surface area contributed by atoms with Crippen LogP contribution in [-0.4, -0.2) is 15.5 Å². The van der Waals surface area contributed by atoms with E-state index in [1.165, 1.54) is 16.6 Å². The van der Waals surface area contributed by atoms with Crippen molar-refractivity contribution in [1.29, 1.82) is 0 Å². The van der Waals surface area contributed by atoms with Gasteiger partial charge in [-0.2, -0.15) is 0 Å². The first-order valence-electron chi connectivity index (χ1n) is 5.81. The van der Waals surface area contributed by atoms with E-state index < -0.39 is 0 Å². The SMILES string of the molecule is Cc1ccc2c3c([nH]c2n1)CCC(C)(N)C3. The first kappa shape index (κ1) is 9.85. The minimum atomic E-state index is -0.0625. The van der Waals surface area contributed by atoms with Gasteiger partial charge in [0.1, 0.15) is 5.65 Å². The molecule has 0 radical (unpaired) electrons. The Kier molecular flexibility index (Phi) is 1.89. The summed E-state index contributed by atoms with van der Waals surface area (Å²) in [4.78, 5) is 7.96. The van der Waals surface area contributed by atoms with Crippen LogP contribution in [0.3, 0.4) is 0 Å². The molecule has 84 valence electrons. The van der Waals surface area contributed by atoms with Gasteiger partial charge in [0.05, 0.1) is 0 Å². The van der Waals surface area contributed by atoms with Gasteiger partial charge >= 0.3 is 0 Å². The van der Waals surface area contributed by atoms with E-state index in [2.05, 4.69) is 29.0 Å². The van der Waals surface area contributed by atoms with Crippen LogP contribution in [0, 0.1) is 6.92 Å². The summed E-state index contributed by atoms with van der Waals surface area (Å²) in [6.07, 6.45) is 3.04. The van der Waals surface area contributed by atoms with Gasteiger partial charge in [0, 0.05) is 22.3 Å². The Bertz CT molecular complexity index is 552. The Morgan fingerprint density at radius 2 is 2.25 bits per heavy atom. The molecule has 2 heterocycles. The second-order valence-electron chi connectivity index (χ2n) is 5.26. The second-order valence-corrected chi connectivity index (χ2v) is 5.26. The maximum atomic E-state index is 6.24. The highest BCUT2D eigenvalue weighted by molar-refractivity contribution is 5.82. The van der Waals surface area contributed by atoms with Gasteiger partial charge in [0.15, 0.2) is 0 Å². The summed E-state index contributed by atoms with van der Waals surface area (Å²) in [5.74, 6) is 0. The molecule has 0 aliphatic heterocycles. The molecule has 1 unspecified atom stereocenters. The minimum absolute atomic E-state index is 0.0625. The van der Waals surface area contributed by atoms with Gasteiger partial charge in [-0.1, -0.05) is 0 Å². The monoisotopic (exact) mass is 215 g/mol. The summed E-state index contributed by atoms with van der Waals surface area (Å²) >= 11 is 0. The first-order chi connectivity index (χ1) is 7.55. The van der Waals surface area contributed by atoms with Gasteiger partial charge in [-0.25, -0.2) is 4.98 Å². The zero-order valence-corrected chi connectivity index (χ0v) is 9.80. The van der Waals surface area contributed by atoms with Crippen LogP contribution >= 0.6 is 0 Å². The number of aryl methyl sites for hydroxylation is 2. The zero-order chi connectivity index (χ0) is 11.3. The Balaban J connectivity index is 2.22. The van der Waals surface area contributed by atoms with Crippen molar-refractivity contribution >= 4 is 11.0 Å². The Hall–Kier alpha value is -1.35. The zero-order valence-electron chi connectivity index (χ0n) is 9.80. The van der Waals surface area contributed by atoms with E-state index in [1.807, 2.05) is 6.92 Å². The fraction of sp³-hybridized carbons (Fsp3) is 0.462. The van der Waals surface area contributed by atoms with Crippen LogP contribution < -0.4 is 5.73 Å². The summed E-state index contributed by atoms with van der Waals surface area (Å²) in [6, 6.07) is 4.23. The molecule has 3 rings (SSSR count). The number of rotatable bonds is 0. The molecule has 2 aromatic rings. The molecule has 0 bridgehead atoms. The van der Waals surface area contributed by atoms with E-state index in [4.69, 9.17) is 5.73 Å². The van der Waals surface area contributed by atoms with Crippen LogP contribution in [0.15, 0.2) is 12.1 Å². The van der Waals surface area contributed by atoms with Crippen molar-refractivity contribution in [3.63, 3.8) is 0 Å². The molecule has 0 aromatic carbocycles. The average molecular weight is 215 g/mol. The van der Waals surface area contributed by atoms with Gasteiger partial charge in [-0.05, 0) is 50.8 Å². The lowest BCUT2D eigenvalue weighted by Gasteiger charge is -2.29. The van der Waals surface area contributed by atoms with Crippen molar-refractivity contribution < 1.29 is 0 Å². The molecule has 2 aromatic heterocycles. The molecule has 1 aliphatic carbocycles. The van der Waals surface area contributed by atoms with Crippen LogP contribution in [0.4, 0.5) is 0 Å². The highest BCUT2D eigenvalue weighted by Crippen LogP contribution is 2.31. The molecule has 0 amide bonds. The van der Waals surface area contributed by atoms with Crippen molar-refractivity contribution in [3.05, 3.63) is 29.1 Å². The van der Waals surface area contributed by atoms with E-state index in [0.717, 1.165) is 30.6 Å². The van der Waals surface area contributed by atoms with Gasteiger partial charge in [-0.3, -0.25) is 0 Å². The molecule has 0 fully saturated rings. The topological polar surface area (TPSA) is 54.7 Å². The second kappa shape index (κ2) is 3.08. The van der Waals surface area contributed by atoms with Crippen molar-refractivity contribution in [1.82, 2.24) is 9.97 Å². The maximum Gasteiger partial charge on any atom is 0.138 e.